The summed E-state index contributed by atoms with van der Waals surface area (Å²) in [5.74, 6) is -0.954. The standard InChI is InChI=1S/C14H19N3O3/c1-9-4-6-14(7-5-9,13(19)20)17-12(18)11-3-2-10(15)8-16-11/h2-3,8-9H,4-7,15H2,1H3,(H,17,18)(H,19,20). The Morgan fingerprint density at radius 1 is 1.40 bits per heavy atom. The number of amides is 1. The summed E-state index contributed by atoms with van der Waals surface area (Å²) in [7, 11) is 0. The number of nitrogens with two attached hydrogens (primary N) is 1. The topological polar surface area (TPSA) is 105 Å². The molecule has 1 aliphatic carbocycles. The second-order valence-corrected chi connectivity index (χ2v) is 5.50. The number of nitrogen functional groups attached to an aromatic ring is 1. The minimum absolute atomic E-state index is 0.179. The van der Waals surface area contributed by atoms with E-state index in [0.29, 0.717) is 24.4 Å². The van der Waals surface area contributed by atoms with Crippen LogP contribution >= 0.6 is 0 Å². The Bertz CT molecular complexity index is 505. The highest BCUT2D eigenvalue weighted by molar-refractivity contribution is 5.96. The van der Waals surface area contributed by atoms with Crippen molar-refractivity contribution in [1.82, 2.24) is 10.3 Å². The summed E-state index contributed by atoms with van der Waals surface area (Å²) in [6.45, 7) is 2.09. The van der Waals surface area contributed by atoms with Crippen LogP contribution in [-0.4, -0.2) is 27.5 Å². The van der Waals surface area contributed by atoms with E-state index in [0.717, 1.165) is 12.8 Å². The van der Waals surface area contributed by atoms with Gasteiger partial charge in [0.15, 0.2) is 0 Å². The normalized spacial score (nSPS) is 25.9. The van der Waals surface area contributed by atoms with Crippen LogP contribution in [0.5, 0.6) is 0 Å². The Labute approximate surface area is 117 Å². The predicted octanol–water partition coefficient (Wildman–Crippen LogP) is 1.43. The fourth-order valence-electron chi connectivity index (χ4n) is 2.47. The number of hydrogen-bond donors (Lipinski definition) is 3. The number of carbonyl (C=O) groups excluding carboxylic acids is 1. The molecular formula is C14H19N3O3. The van der Waals surface area contributed by atoms with Gasteiger partial charge in [0.25, 0.3) is 5.91 Å². The first-order valence-corrected chi connectivity index (χ1v) is 6.70. The number of aliphatic carboxylic acids is 1. The van der Waals surface area contributed by atoms with Crippen LogP contribution in [0.3, 0.4) is 0 Å². The van der Waals surface area contributed by atoms with Crippen molar-refractivity contribution in [3.05, 3.63) is 24.0 Å². The molecule has 1 aromatic heterocycles. The van der Waals surface area contributed by atoms with E-state index >= 15 is 0 Å². The van der Waals surface area contributed by atoms with Gasteiger partial charge in [-0.05, 0) is 43.7 Å². The van der Waals surface area contributed by atoms with Crippen molar-refractivity contribution in [2.75, 3.05) is 5.73 Å². The van der Waals surface area contributed by atoms with Crippen LogP contribution in [0, 0.1) is 5.92 Å². The fraction of sp³-hybridized carbons (Fsp3) is 0.500. The Morgan fingerprint density at radius 2 is 2.05 bits per heavy atom. The minimum Gasteiger partial charge on any atom is -0.480 e. The lowest BCUT2D eigenvalue weighted by atomic mass is 9.77. The predicted molar refractivity (Wildman–Crippen MR) is 74.1 cm³/mol. The molecule has 4 N–H and O–H groups in total. The number of anilines is 1. The summed E-state index contributed by atoms with van der Waals surface area (Å²) in [6.07, 6.45) is 3.86. The van der Waals surface area contributed by atoms with Crippen LogP contribution in [0.15, 0.2) is 18.3 Å². The largest absolute Gasteiger partial charge is 0.480 e. The van der Waals surface area contributed by atoms with Crippen molar-refractivity contribution < 1.29 is 14.7 Å². The van der Waals surface area contributed by atoms with Gasteiger partial charge in [-0.2, -0.15) is 0 Å². The number of carboxylic acid groups (broad SMARTS) is 1. The molecule has 0 aromatic carbocycles. The number of hydrogen-bond acceptors (Lipinski definition) is 4. The van der Waals surface area contributed by atoms with Gasteiger partial charge < -0.3 is 16.2 Å². The summed E-state index contributed by atoms with van der Waals surface area (Å²) in [5, 5.41) is 12.1. The van der Waals surface area contributed by atoms with Crippen molar-refractivity contribution in [3.8, 4) is 0 Å². The van der Waals surface area contributed by atoms with E-state index in [4.69, 9.17) is 5.73 Å². The smallest absolute Gasteiger partial charge is 0.329 e. The lowest BCUT2D eigenvalue weighted by molar-refractivity contribution is -0.146. The van der Waals surface area contributed by atoms with E-state index in [9.17, 15) is 14.7 Å². The molecule has 0 unspecified atom stereocenters. The van der Waals surface area contributed by atoms with Gasteiger partial charge in [0.2, 0.25) is 0 Å². The molecule has 1 amide bonds. The van der Waals surface area contributed by atoms with Gasteiger partial charge in [0.05, 0.1) is 11.9 Å². The Kier molecular flexibility index (Phi) is 3.92. The van der Waals surface area contributed by atoms with Gasteiger partial charge in [-0.15, -0.1) is 0 Å². The van der Waals surface area contributed by atoms with E-state index < -0.39 is 17.4 Å². The van der Waals surface area contributed by atoms with Crippen molar-refractivity contribution in [3.63, 3.8) is 0 Å². The van der Waals surface area contributed by atoms with Crippen LogP contribution < -0.4 is 11.1 Å². The Hall–Kier alpha value is -2.11. The van der Waals surface area contributed by atoms with Crippen molar-refractivity contribution in [1.29, 1.82) is 0 Å². The summed E-state index contributed by atoms with van der Waals surface area (Å²) in [6, 6.07) is 3.06. The molecule has 0 radical (unpaired) electrons. The van der Waals surface area contributed by atoms with Gasteiger partial charge >= 0.3 is 5.97 Å². The molecule has 1 heterocycles. The lowest BCUT2D eigenvalue weighted by Gasteiger charge is -2.36. The molecule has 1 aromatic rings. The van der Waals surface area contributed by atoms with Crippen molar-refractivity contribution >= 4 is 17.6 Å². The van der Waals surface area contributed by atoms with Crippen LogP contribution in [0.2, 0.25) is 0 Å². The zero-order valence-corrected chi connectivity index (χ0v) is 11.4. The second kappa shape index (κ2) is 5.48. The number of rotatable bonds is 3. The fourth-order valence-corrected chi connectivity index (χ4v) is 2.47. The van der Waals surface area contributed by atoms with Crippen LogP contribution in [0.4, 0.5) is 5.69 Å². The highest BCUT2D eigenvalue weighted by Crippen LogP contribution is 2.32. The summed E-state index contributed by atoms with van der Waals surface area (Å²) in [4.78, 5) is 27.6. The monoisotopic (exact) mass is 277 g/mol. The van der Waals surface area contributed by atoms with Crippen LogP contribution in [0.1, 0.15) is 43.1 Å². The van der Waals surface area contributed by atoms with E-state index in [1.54, 1.807) is 6.07 Å². The second-order valence-electron chi connectivity index (χ2n) is 5.50. The summed E-state index contributed by atoms with van der Waals surface area (Å²) < 4.78 is 0. The molecule has 1 saturated carbocycles. The molecular weight excluding hydrogens is 258 g/mol. The maximum absolute atomic E-state index is 12.1. The van der Waals surface area contributed by atoms with Crippen molar-refractivity contribution in [2.45, 2.75) is 38.1 Å². The highest BCUT2D eigenvalue weighted by Gasteiger charge is 2.42. The van der Waals surface area contributed by atoms with Crippen LogP contribution in [-0.2, 0) is 4.79 Å². The third kappa shape index (κ3) is 2.89. The molecule has 6 heteroatoms. The van der Waals surface area contributed by atoms with E-state index in [-0.39, 0.29) is 5.69 Å². The summed E-state index contributed by atoms with van der Waals surface area (Å²) >= 11 is 0. The highest BCUT2D eigenvalue weighted by atomic mass is 16.4. The Morgan fingerprint density at radius 3 is 2.55 bits per heavy atom. The average Bonchev–Trinajstić information content (AvgIpc) is 2.42. The first kappa shape index (κ1) is 14.3. The average molecular weight is 277 g/mol. The molecule has 2 rings (SSSR count). The molecule has 0 aliphatic heterocycles. The molecule has 108 valence electrons. The van der Waals surface area contributed by atoms with Crippen molar-refractivity contribution in [2.24, 2.45) is 5.92 Å². The first-order valence-electron chi connectivity index (χ1n) is 6.70. The molecule has 20 heavy (non-hydrogen) atoms. The maximum atomic E-state index is 12.1. The first-order chi connectivity index (χ1) is 9.43. The van der Waals surface area contributed by atoms with E-state index in [1.165, 1.54) is 12.3 Å². The molecule has 0 spiro atoms. The maximum Gasteiger partial charge on any atom is 0.329 e. The molecule has 1 aliphatic rings. The zero-order valence-electron chi connectivity index (χ0n) is 11.4. The number of aromatic nitrogens is 1. The molecule has 0 saturated heterocycles. The summed E-state index contributed by atoms with van der Waals surface area (Å²) in [5.41, 5.74) is 4.98. The van der Waals surface area contributed by atoms with Gasteiger partial charge in [-0.25, -0.2) is 9.78 Å². The number of carbonyl (C=O) groups is 2. The Balaban J connectivity index is 2.14. The number of nitrogens with one attached hydrogen (secondary N) is 1. The zero-order chi connectivity index (χ0) is 14.8. The number of nitrogens with zero attached hydrogens (tertiary/aromatic N) is 1. The number of pyridine rings is 1. The third-order valence-corrected chi connectivity index (χ3v) is 3.91. The minimum atomic E-state index is -1.17. The third-order valence-electron chi connectivity index (χ3n) is 3.91. The van der Waals surface area contributed by atoms with E-state index in [2.05, 4.69) is 17.2 Å². The molecule has 6 nitrogen and oxygen atoms in total. The molecule has 1 fully saturated rings. The quantitative estimate of drug-likeness (QED) is 0.775. The number of carboxylic acids is 1. The molecule has 0 atom stereocenters. The SMILES string of the molecule is CC1CCC(NC(=O)c2ccc(N)cn2)(C(=O)O)CC1. The molecule has 0 bridgehead atoms. The van der Waals surface area contributed by atoms with Gasteiger partial charge in [0, 0.05) is 0 Å². The lowest BCUT2D eigenvalue weighted by Crippen LogP contribution is -2.56. The van der Waals surface area contributed by atoms with Gasteiger partial charge in [0.1, 0.15) is 11.2 Å². The van der Waals surface area contributed by atoms with E-state index in [1.807, 2.05) is 0 Å². The van der Waals surface area contributed by atoms with Gasteiger partial charge in [-0.3, -0.25) is 4.79 Å². The van der Waals surface area contributed by atoms with Gasteiger partial charge in [-0.1, -0.05) is 6.92 Å². The van der Waals surface area contributed by atoms with Crippen LogP contribution in [0.25, 0.3) is 0 Å².